The molecule has 0 unspecified atom stereocenters. The number of furan rings is 1. The Kier molecular flexibility index (Phi) is 4.01. The third-order valence-electron chi connectivity index (χ3n) is 4.32. The molecule has 4 rings (SSSR count). The van der Waals surface area contributed by atoms with Crippen LogP contribution in [0.5, 0.6) is 0 Å². The van der Waals surface area contributed by atoms with Crippen LogP contribution in [0.25, 0.3) is 22.8 Å². The Morgan fingerprint density at radius 2 is 2.12 bits per heavy atom. The van der Waals surface area contributed by atoms with Gasteiger partial charge in [0, 0.05) is 25.4 Å². The summed E-state index contributed by atoms with van der Waals surface area (Å²) in [4.78, 5) is 11.2. The van der Waals surface area contributed by atoms with Crippen molar-refractivity contribution in [3.63, 3.8) is 0 Å². The molecule has 4 heterocycles. The number of rotatable bonds is 3. The maximum Gasteiger partial charge on any atom is 0.226 e. The zero-order chi connectivity index (χ0) is 17.4. The minimum atomic E-state index is -0.344. The standard InChI is InChI=1S/C18H20N4O3/c1-11-8-16(25-21-11)14-9-19-18(22-7-3-4-13(23)10-22)20-17(14)15-6-5-12(2)24-15/h5-6,8-9,13,23H,3-4,7,10H2,1-2H3/t13-/m0/s1. The molecule has 7 nitrogen and oxygen atoms in total. The fourth-order valence-corrected chi connectivity index (χ4v) is 3.08. The zero-order valence-corrected chi connectivity index (χ0v) is 14.3. The second-order valence-corrected chi connectivity index (χ2v) is 6.42. The number of aliphatic hydroxyl groups excluding tert-OH is 1. The Morgan fingerprint density at radius 1 is 1.24 bits per heavy atom. The van der Waals surface area contributed by atoms with Gasteiger partial charge in [-0.2, -0.15) is 0 Å². The maximum absolute atomic E-state index is 9.93. The van der Waals surface area contributed by atoms with Crippen molar-refractivity contribution in [1.29, 1.82) is 0 Å². The molecular formula is C18H20N4O3. The molecule has 0 saturated carbocycles. The van der Waals surface area contributed by atoms with E-state index >= 15 is 0 Å². The van der Waals surface area contributed by atoms with Crippen molar-refractivity contribution in [2.45, 2.75) is 32.8 Å². The SMILES string of the molecule is Cc1cc(-c2cnc(N3CCC[C@H](O)C3)nc2-c2ccc(C)o2)on1. The number of β-amino-alcohol motifs (C(OH)–C–C–N with tert-alkyl or cyclic N) is 1. The Labute approximate surface area is 145 Å². The first-order valence-corrected chi connectivity index (χ1v) is 8.41. The summed E-state index contributed by atoms with van der Waals surface area (Å²) in [5, 5.41) is 13.9. The molecule has 0 bridgehead atoms. The van der Waals surface area contributed by atoms with Crippen LogP contribution in [0.15, 0.2) is 33.3 Å². The molecule has 0 aromatic carbocycles. The molecule has 130 valence electrons. The monoisotopic (exact) mass is 340 g/mol. The quantitative estimate of drug-likeness (QED) is 0.784. The van der Waals surface area contributed by atoms with Gasteiger partial charge in [-0.3, -0.25) is 0 Å². The van der Waals surface area contributed by atoms with E-state index in [0.29, 0.717) is 29.7 Å². The third-order valence-corrected chi connectivity index (χ3v) is 4.32. The van der Waals surface area contributed by atoms with Crippen LogP contribution in [0, 0.1) is 13.8 Å². The van der Waals surface area contributed by atoms with Crippen molar-refractivity contribution in [2.75, 3.05) is 18.0 Å². The van der Waals surface area contributed by atoms with Crippen molar-refractivity contribution in [3.05, 3.63) is 35.9 Å². The smallest absolute Gasteiger partial charge is 0.226 e. The molecule has 1 atom stereocenters. The summed E-state index contributed by atoms with van der Waals surface area (Å²) in [6, 6.07) is 5.64. The second-order valence-electron chi connectivity index (χ2n) is 6.42. The summed E-state index contributed by atoms with van der Waals surface area (Å²) in [6.45, 7) is 5.13. The highest BCUT2D eigenvalue weighted by Crippen LogP contribution is 2.33. The first-order chi connectivity index (χ1) is 12.1. The van der Waals surface area contributed by atoms with Gasteiger partial charge in [-0.1, -0.05) is 5.16 Å². The predicted octanol–water partition coefficient (Wildman–Crippen LogP) is 2.97. The summed E-state index contributed by atoms with van der Waals surface area (Å²) in [6.07, 6.45) is 3.12. The third kappa shape index (κ3) is 3.15. The molecule has 0 radical (unpaired) electrons. The lowest BCUT2D eigenvalue weighted by atomic mass is 10.1. The van der Waals surface area contributed by atoms with Gasteiger partial charge in [-0.05, 0) is 38.8 Å². The number of hydrogen-bond acceptors (Lipinski definition) is 7. The van der Waals surface area contributed by atoms with E-state index < -0.39 is 0 Å². The van der Waals surface area contributed by atoms with Crippen LogP contribution in [0.2, 0.25) is 0 Å². The minimum Gasteiger partial charge on any atom is -0.460 e. The highest BCUT2D eigenvalue weighted by Gasteiger charge is 2.23. The van der Waals surface area contributed by atoms with Crippen LogP contribution in [-0.2, 0) is 0 Å². The van der Waals surface area contributed by atoms with Crippen LogP contribution in [-0.4, -0.2) is 39.4 Å². The van der Waals surface area contributed by atoms with E-state index in [0.717, 1.165) is 36.4 Å². The van der Waals surface area contributed by atoms with Gasteiger partial charge in [0.15, 0.2) is 11.5 Å². The Morgan fingerprint density at radius 3 is 2.80 bits per heavy atom. The number of aryl methyl sites for hydroxylation is 2. The van der Waals surface area contributed by atoms with Gasteiger partial charge in [0.25, 0.3) is 0 Å². The van der Waals surface area contributed by atoms with Crippen LogP contribution < -0.4 is 4.90 Å². The second kappa shape index (κ2) is 6.33. The molecule has 1 saturated heterocycles. The molecule has 1 fully saturated rings. The van der Waals surface area contributed by atoms with Crippen LogP contribution in [0.4, 0.5) is 5.95 Å². The average molecular weight is 340 g/mol. The fraction of sp³-hybridized carbons (Fsp3) is 0.389. The predicted molar refractivity (Wildman–Crippen MR) is 92.2 cm³/mol. The van der Waals surface area contributed by atoms with E-state index in [1.807, 2.05) is 36.9 Å². The number of piperidine rings is 1. The molecule has 25 heavy (non-hydrogen) atoms. The van der Waals surface area contributed by atoms with Gasteiger partial charge in [-0.15, -0.1) is 0 Å². The van der Waals surface area contributed by atoms with Crippen molar-refractivity contribution in [1.82, 2.24) is 15.1 Å². The summed E-state index contributed by atoms with van der Waals surface area (Å²) >= 11 is 0. The zero-order valence-electron chi connectivity index (χ0n) is 14.3. The maximum atomic E-state index is 9.93. The van der Waals surface area contributed by atoms with Gasteiger partial charge in [-0.25, -0.2) is 9.97 Å². The largest absolute Gasteiger partial charge is 0.460 e. The molecule has 0 amide bonds. The number of hydrogen-bond donors (Lipinski definition) is 1. The molecule has 1 aliphatic rings. The van der Waals surface area contributed by atoms with Gasteiger partial charge in [0.1, 0.15) is 11.5 Å². The lowest BCUT2D eigenvalue weighted by molar-refractivity contribution is 0.153. The van der Waals surface area contributed by atoms with E-state index in [4.69, 9.17) is 13.9 Å². The summed E-state index contributed by atoms with van der Waals surface area (Å²) < 4.78 is 11.2. The van der Waals surface area contributed by atoms with Crippen molar-refractivity contribution in [3.8, 4) is 22.8 Å². The lowest BCUT2D eigenvalue weighted by Gasteiger charge is -2.30. The van der Waals surface area contributed by atoms with E-state index in [2.05, 4.69) is 10.1 Å². The number of anilines is 1. The van der Waals surface area contributed by atoms with Crippen molar-refractivity contribution >= 4 is 5.95 Å². The molecule has 1 aliphatic heterocycles. The number of aromatic nitrogens is 3. The highest BCUT2D eigenvalue weighted by molar-refractivity contribution is 5.76. The van der Waals surface area contributed by atoms with Crippen LogP contribution >= 0.6 is 0 Å². The number of aliphatic hydroxyl groups is 1. The topological polar surface area (TPSA) is 88.4 Å². The summed E-state index contributed by atoms with van der Waals surface area (Å²) in [5.74, 6) is 2.65. The summed E-state index contributed by atoms with van der Waals surface area (Å²) in [7, 11) is 0. The van der Waals surface area contributed by atoms with Gasteiger partial charge >= 0.3 is 0 Å². The lowest BCUT2D eigenvalue weighted by Crippen LogP contribution is -2.39. The first kappa shape index (κ1) is 15.8. The normalized spacial score (nSPS) is 17.9. The Hall–Kier alpha value is -2.67. The molecular weight excluding hydrogens is 320 g/mol. The van der Waals surface area contributed by atoms with Crippen molar-refractivity contribution < 1.29 is 14.0 Å². The van der Waals surface area contributed by atoms with E-state index in [-0.39, 0.29) is 6.10 Å². The molecule has 0 spiro atoms. The summed E-state index contributed by atoms with van der Waals surface area (Å²) in [5.41, 5.74) is 2.19. The molecule has 1 N–H and O–H groups in total. The van der Waals surface area contributed by atoms with E-state index in [1.165, 1.54) is 0 Å². The van der Waals surface area contributed by atoms with Crippen molar-refractivity contribution in [2.24, 2.45) is 0 Å². The fourth-order valence-electron chi connectivity index (χ4n) is 3.08. The number of nitrogens with zero attached hydrogens (tertiary/aromatic N) is 4. The van der Waals surface area contributed by atoms with Gasteiger partial charge < -0.3 is 18.9 Å². The van der Waals surface area contributed by atoms with E-state index in [9.17, 15) is 5.11 Å². The Balaban J connectivity index is 1.79. The highest BCUT2D eigenvalue weighted by atomic mass is 16.5. The van der Waals surface area contributed by atoms with E-state index in [1.54, 1.807) is 6.20 Å². The Bertz CT molecular complexity index is 886. The molecule has 7 heteroatoms. The molecule has 0 aliphatic carbocycles. The molecule has 3 aromatic heterocycles. The van der Waals surface area contributed by atoms with Gasteiger partial charge in [0.2, 0.25) is 5.95 Å². The average Bonchev–Trinajstić information content (AvgIpc) is 3.23. The van der Waals surface area contributed by atoms with Crippen LogP contribution in [0.1, 0.15) is 24.3 Å². The van der Waals surface area contributed by atoms with Crippen LogP contribution in [0.3, 0.4) is 0 Å². The van der Waals surface area contributed by atoms with Gasteiger partial charge in [0.05, 0.1) is 17.4 Å². The molecule has 3 aromatic rings. The first-order valence-electron chi connectivity index (χ1n) is 8.41. The minimum absolute atomic E-state index is 0.344.